The summed E-state index contributed by atoms with van der Waals surface area (Å²) in [5.41, 5.74) is 1.81. The Morgan fingerprint density at radius 1 is 1.26 bits per heavy atom. The van der Waals surface area contributed by atoms with Gasteiger partial charge in [0.2, 0.25) is 5.13 Å². The number of nitrogens with zero attached hydrogens (tertiary/aromatic N) is 4. The largest absolute Gasteiger partial charge is 0.377 e. The van der Waals surface area contributed by atoms with Gasteiger partial charge >= 0.3 is 0 Å². The van der Waals surface area contributed by atoms with Crippen LogP contribution in [-0.4, -0.2) is 70.5 Å². The number of hydrogen-bond acceptors (Lipinski definition) is 7. The van der Waals surface area contributed by atoms with Crippen LogP contribution in [0.2, 0.25) is 0 Å². The third-order valence-electron chi connectivity index (χ3n) is 5.13. The molecule has 1 aromatic heterocycles. The lowest BCUT2D eigenvalue weighted by atomic mass is 10.1. The van der Waals surface area contributed by atoms with Crippen molar-refractivity contribution in [2.45, 2.75) is 25.5 Å². The first kappa shape index (κ1) is 18.5. The van der Waals surface area contributed by atoms with Crippen LogP contribution in [-0.2, 0) is 11.3 Å². The summed E-state index contributed by atoms with van der Waals surface area (Å²) in [7, 11) is 0. The van der Waals surface area contributed by atoms with Gasteiger partial charge in [-0.05, 0) is 30.5 Å². The Balaban J connectivity index is 1.28. The molecule has 0 unspecified atom stereocenters. The Hall–Kier alpha value is -1.87. The summed E-state index contributed by atoms with van der Waals surface area (Å²) in [4.78, 5) is 21.3. The van der Waals surface area contributed by atoms with Crippen LogP contribution in [0, 0.1) is 0 Å². The standard InChI is InChI=1S/C19H25N5O2S/c25-18(22-19-20-14-21-27-19)16-4-1-3-15(11-16)12-23-6-8-24(9-7-23)13-17-5-2-10-26-17/h1,3-4,11,14,17H,2,5-10,12-13H2,(H,20,21,22,25)/t17-/m1/s1. The summed E-state index contributed by atoms with van der Waals surface area (Å²) in [6.07, 6.45) is 4.27. The maximum Gasteiger partial charge on any atom is 0.257 e. The molecule has 0 radical (unpaired) electrons. The second-order valence-electron chi connectivity index (χ2n) is 7.11. The molecule has 1 N–H and O–H groups in total. The summed E-state index contributed by atoms with van der Waals surface area (Å²) >= 11 is 1.18. The molecule has 0 spiro atoms. The fraction of sp³-hybridized carbons (Fsp3) is 0.526. The quantitative estimate of drug-likeness (QED) is 0.818. The van der Waals surface area contributed by atoms with Crippen LogP contribution in [0.15, 0.2) is 30.6 Å². The molecule has 2 aliphatic rings. The Morgan fingerprint density at radius 2 is 2.11 bits per heavy atom. The summed E-state index contributed by atoms with van der Waals surface area (Å²) in [5.74, 6) is -0.144. The molecule has 2 aliphatic heterocycles. The molecule has 2 fully saturated rings. The van der Waals surface area contributed by atoms with E-state index in [4.69, 9.17) is 4.74 Å². The van der Waals surface area contributed by atoms with Crippen molar-refractivity contribution in [1.29, 1.82) is 0 Å². The molecule has 8 heteroatoms. The van der Waals surface area contributed by atoms with Gasteiger partial charge in [-0.1, -0.05) is 12.1 Å². The summed E-state index contributed by atoms with van der Waals surface area (Å²) in [6, 6.07) is 7.83. The predicted molar refractivity (Wildman–Crippen MR) is 105 cm³/mol. The molecule has 7 nitrogen and oxygen atoms in total. The van der Waals surface area contributed by atoms with Gasteiger partial charge in [0.25, 0.3) is 5.91 Å². The molecule has 2 aromatic rings. The molecule has 144 valence electrons. The molecular weight excluding hydrogens is 362 g/mol. The number of anilines is 1. The number of benzene rings is 1. The maximum atomic E-state index is 12.4. The zero-order valence-electron chi connectivity index (χ0n) is 15.3. The molecule has 1 atom stereocenters. The minimum atomic E-state index is -0.144. The minimum Gasteiger partial charge on any atom is -0.377 e. The van der Waals surface area contributed by atoms with E-state index in [9.17, 15) is 4.79 Å². The van der Waals surface area contributed by atoms with Gasteiger partial charge in [-0.2, -0.15) is 4.37 Å². The number of nitrogens with one attached hydrogen (secondary N) is 1. The fourth-order valence-electron chi connectivity index (χ4n) is 3.67. The van der Waals surface area contributed by atoms with Crippen LogP contribution in [0.1, 0.15) is 28.8 Å². The second kappa shape index (κ2) is 8.88. The predicted octanol–water partition coefficient (Wildman–Crippen LogP) is 2.09. The van der Waals surface area contributed by atoms with Crippen LogP contribution in [0.4, 0.5) is 5.13 Å². The first-order valence-corrected chi connectivity index (χ1v) is 10.3. The second-order valence-corrected chi connectivity index (χ2v) is 7.89. The van der Waals surface area contributed by atoms with Gasteiger partial charge in [-0.25, -0.2) is 4.98 Å². The molecule has 0 saturated carbocycles. The van der Waals surface area contributed by atoms with Gasteiger partial charge in [0.1, 0.15) is 6.33 Å². The van der Waals surface area contributed by atoms with Crippen LogP contribution in [0.5, 0.6) is 0 Å². The van der Waals surface area contributed by atoms with Crippen molar-refractivity contribution in [2.75, 3.05) is 44.6 Å². The lowest BCUT2D eigenvalue weighted by molar-refractivity contribution is 0.0489. The van der Waals surface area contributed by atoms with Gasteiger partial charge in [0.05, 0.1) is 6.10 Å². The third kappa shape index (κ3) is 5.10. The van der Waals surface area contributed by atoms with E-state index in [2.05, 4.69) is 30.5 Å². The van der Waals surface area contributed by atoms with Crippen molar-refractivity contribution in [3.05, 3.63) is 41.7 Å². The third-order valence-corrected chi connectivity index (χ3v) is 5.71. The molecule has 1 amide bonds. The van der Waals surface area contributed by atoms with Gasteiger partial charge in [-0.3, -0.25) is 19.9 Å². The zero-order chi connectivity index (χ0) is 18.5. The van der Waals surface area contributed by atoms with Crippen molar-refractivity contribution >= 4 is 22.6 Å². The van der Waals surface area contributed by atoms with Crippen molar-refractivity contribution in [3.8, 4) is 0 Å². The number of hydrogen-bond donors (Lipinski definition) is 1. The Kier molecular flexibility index (Phi) is 6.08. The molecule has 3 heterocycles. The topological polar surface area (TPSA) is 70.6 Å². The number of carbonyl (C=O) groups excluding carboxylic acids is 1. The van der Waals surface area contributed by atoms with E-state index in [1.807, 2.05) is 18.2 Å². The highest BCUT2D eigenvalue weighted by atomic mass is 32.1. The average Bonchev–Trinajstić information content (AvgIpc) is 3.38. The molecule has 27 heavy (non-hydrogen) atoms. The van der Waals surface area contributed by atoms with E-state index in [1.54, 1.807) is 0 Å². The highest BCUT2D eigenvalue weighted by Crippen LogP contribution is 2.16. The van der Waals surface area contributed by atoms with Crippen LogP contribution in [0.3, 0.4) is 0 Å². The summed E-state index contributed by atoms with van der Waals surface area (Å²) in [6.45, 7) is 7.12. The van der Waals surface area contributed by atoms with Gasteiger partial charge < -0.3 is 4.74 Å². The van der Waals surface area contributed by atoms with Gasteiger partial charge in [-0.15, -0.1) is 0 Å². The van der Waals surface area contributed by atoms with E-state index in [1.165, 1.54) is 30.7 Å². The first-order valence-electron chi connectivity index (χ1n) is 9.49. The Labute approximate surface area is 163 Å². The van der Waals surface area contributed by atoms with E-state index in [-0.39, 0.29) is 5.91 Å². The number of carbonyl (C=O) groups is 1. The average molecular weight is 388 g/mol. The van der Waals surface area contributed by atoms with Crippen LogP contribution >= 0.6 is 11.5 Å². The number of amides is 1. The normalized spacial score (nSPS) is 21.4. The highest BCUT2D eigenvalue weighted by Gasteiger charge is 2.23. The smallest absolute Gasteiger partial charge is 0.257 e. The number of rotatable bonds is 6. The lowest BCUT2D eigenvalue weighted by Gasteiger charge is -2.35. The lowest BCUT2D eigenvalue weighted by Crippen LogP contribution is -2.48. The van der Waals surface area contributed by atoms with Crippen molar-refractivity contribution in [2.24, 2.45) is 0 Å². The highest BCUT2D eigenvalue weighted by molar-refractivity contribution is 7.09. The maximum absolute atomic E-state index is 12.4. The zero-order valence-corrected chi connectivity index (χ0v) is 16.2. The minimum absolute atomic E-state index is 0.144. The Morgan fingerprint density at radius 3 is 2.85 bits per heavy atom. The van der Waals surface area contributed by atoms with E-state index in [0.717, 1.165) is 51.4 Å². The van der Waals surface area contributed by atoms with Crippen LogP contribution < -0.4 is 5.32 Å². The number of piperazine rings is 1. The molecule has 0 bridgehead atoms. The molecule has 0 aliphatic carbocycles. The summed E-state index contributed by atoms with van der Waals surface area (Å²) < 4.78 is 9.65. The van der Waals surface area contributed by atoms with Crippen LogP contribution in [0.25, 0.3) is 0 Å². The van der Waals surface area contributed by atoms with Crippen molar-refractivity contribution in [3.63, 3.8) is 0 Å². The number of ether oxygens (including phenoxy) is 1. The van der Waals surface area contributed by atoms with Crippen molar-refractivity contribution in [1.82, 2.24) is 19.2 Å². The molecule has 4 rings (SSSR count). The van der Waals surface area contributed by atoms with E-state index < -0.39 is 0 Å². The van der Waals surface area contributed by atoms with E-state index >= 15 is 0 Å². The van der Waals surface area contributed by atoms with Gasteiger partial charge in [0.15, 0.2) is 0 Å². The first-order chi connectivity index (χ1) is 13.3. The summed E-state index contributed by atoms with van der Waals surface area (Å²) in [5, 5.41) is 3.30. The van der Waals surface area contributed by atoms with Crippen molar-refractivity contribution < 1.29 is 9.53 Å². The SMILES string of the molecule is O=C(Nc1ncns1)c1cccc(CN2CCN(C[C@H]3CCCO3)CC2)c1. The molecule has 2 saturated heterocycles. The van der Waals surface area contributed by atoms with Gasteiger partial charge in [0, 0.05) is 63.0 Å². The monoisotopic (exact) mass is 387 g/mol. The Bertz CT molecular complexity index is 740. The molecule has 1 aromatic carbocycles. The number of aromatic nitrogens is 2. The van der Waals surface area contributed by atoms with E-state index in [0.29, 0.717) is 16.8 Å². The molecular formula is C19H25N5O2S. The fourth-order valence-corrected chi connectivity index (χ4v) is 4.10.